The summed E-state index contributed by atoms with van der Waals surface area (Å²) in [6.45, 7) is 0.120. The second-order valence-electron chi connectivity index (χ2n) is 4.20. The zero-order valence-corrected chi connectivity index (χ0v) is 12.5. The van der Waals surface area contributed by atoms with E-state index in [1.807, 2.05) is 0 Å². The molecule has 0 N–H and O–H groups in total. The summed E-state index contributed by atoms with van der Waals surface area (Å²) in [5.41, 5.74) is 0.448. The molecule has 0 atom stereocenters. The van der Waals surface area contributed by atoms with Crippen molar-refractivity contribution in [2.45, 2.75) is 6.61 Å². The maximum atomic E-state index is 13.7. The molecule has 0 amide bonds. The van der Waals surface area contributed by atoms with Gasteiger partial charge in [0.25, 0.3) is 0 Å². The van der Waals surface area contributed by atoms with E-state index in [0.717, 1.165) is 0 Å². The minimum atomic E-state index is -0.721. The lowest BCUT2D eigenvalue weighted by Crippen LogP contribution is -2.05. The van der Waals surface area contributed by atoms with Crippen LogP contribution in [0.15, 0.2) is 36.4 Å². The van der Waals surface area contributed by atoms with Gasteiger partial charge in [0, 0.05) is 10.0 Å². The third-order valence-corrected chi connectivity index (χ3v) is 3.12. The summed E-state index contributed by atoms with van der Waals surface area (Å²) in [4.78, 5) is 11.3. The molecular weight excluding hydrogens is 318 g/mol. The fourth-order valence-corrected chi connectivity index (χ4v) is 2.21. The van der Waals surface area contributed by atoms with Gasteiger partial charge in [-0.05, 0) is 35.9 Å². The highest BCUT2D eigenvalue weighted by Crippen LogP contribution is 2.25. The van der Waals surface area contributed by atoms with Crippen LogP contribution in [0.4, 0.5) is 4.39 Å². The quantitative estimate of drug-likeness (QED) is 0.775. The van der Waals surface area contributed by atoms with E-state index in [0.29, 0.717) is 21.4 Å². The standard InChI is InChI=1S/C15H11Cl2FO3/c1-20-15(19)13-3-2-9(4-14(13)18)8-21-12-6-10(16)5-11(17)7-12/h2-7H,8H2,1H3. The zero-order chi connectivity index (χ0) is 15.4. The monoisotopic (exact) mass is 328 g/mol. The molecule has 3 nitrogen and oxygen atoms in total. The first-order valence-electron chi connectivity index (χ1n) is 5.95. The molecule has 0 aliphatic rings. The molecular formula is C15H11Cl2FO3. The lowest BCUT2D eigenvalue weighted by Gasteiger charge is -2.08. The highest BCUT2D eigenvalue weighted by molar-refractivity contribution is 6.34. The maximum Gasteiger partial charge on any atom is 0.340 e. The first kappa shape index (κ1) is 15.6. The van der Waals surface area contributed by atoms with Crippen LogP contribution in [0, 0.1) is 5.82 Å². The van der Waals surface area contributed by atoms with E-state index in [9.17, 15) is 9.18 Å². The fraction of sp³-hybridized carbons (Fsp3) is 0.133. The second-order valence-corrected chi connectivity index (χ2v) is 5.07. The van der Waals surface area contributed by atoms with Gasteiger partial charge in [0.05, 0.1) is 12.7 Å². The predicted molar refractivity (Wildman–Crippen MR) is 78.5 cm³/mol. The summed E-state index contributed by atoms with van der Waals surface area (Å²) in [7, 11) is 1.20. The minimum absolute atomic E-state index is 0.118. The highest BCUT2D eigenvalue weighted by atomic mass is 35.5. The van der Waals surface area contributed by atoms with Crippen LogP contribution in [0.1, 0.15) is 15.9 Å². The van der Waals surface area contributed by atoms with Crippen molar-refractivity contribution in [1.82, 2.24) is 0 Å². The number of methoxy groups -OCH3 is 1. The van der Waals surface area contributed by atoms with E-state index in [-0.39, 0.29) is 12.2 Å². The number of esters is 1. The Kier molecular flexibility index (Phi) is 5.04. The Labute approximate surface area is 131 Å². The number of rotatable bonds is 4. The van der Waals surface area contributed by atoms with Gasteiger partial charge in [-0.1, -0.05) is 29.3 Å². The van der Waals surface area contributed by atoms with Crippen molar-refractivity contribution in [2.75, 3.05) is 7.11 Å². The zero-order valence-electron chi connectivity index (χ0n) is 11.0. The van der Waals surface area contributed by atoms with Gasteiger partial charge in [-0.2, -0.15) is 0 Å². The van der Waals surface area contributed by atoms with Gasteiger partial charge >= 0.3 is 5.97 Å². The molecule has 6 heteroatoms. The summed E-state index contributed by atoms with van der Waals surface area (Å²) < 4.78 is 23.7. The van der Waals surface area contributed by atoms with Gasteiger partial charge in [-0.3, -0.25) is 0 Å². The van der Waals surface area contributed by atoms with Crippen LogP contribution in [-0.2, 0) is 11.3 Å². The number of hydrogen-bond acceptors (Lipinski definition) is 3. The van der Waals surface area contributed by atoms with E-state index in [1.54, 1.807) is 24.3 Å². The lowest BCUT2D eigenvalue weighted by atomic mass is 10.1. The molecule has 2 aromatic rings. The molecule has 110 valence electrons. The van der Waals surface area contributed by atoms with Crippen molar-refractivity contribution in [1.29, 1.82) is 0 Å². The van der Waals surface area contributed by atoms with E-state index in [1.165, 1.54) is 19.2 Å². The number of halogens is 3. The lowest BCUT2D eigenvalue weighted by molar-refractivity contribution is 0.0595. The topological polar surface area (TPSA) is 35.5 Å². The third-order valence-electron chi connectivity index (χ3n) is 2.68. The molecule has 0 saturated heterocycles. The van der Waals surface area contributed by atoms with Crippen molar-refractivity contribution in [3.8, 4) is 5.75 Å². The largest absolute Gasteiger partial charge is 0.489 e. The normalized spacial score (nSPS) is 10.3. The summed E-state index contributed by atoms with van der Waals surface area (Å²) >= 11 is 11.7. The van der Waals surface area contributed by atoms with Crippen LogP contribution < -0.4 is 4.74 Å². The van der Waals surface area contributed by atoms with E-state index in [4.69, 9.17) is 27.9 Å². The molecule has 0 radical (unpaired) electrons. The van der Waals surface area contributed by atoms with Crippen LogP contribution in [0.3, 0.4) is 0 Å². The number of carbonyl (C=O) groups excluding carboxylic acids is 1. The first-order valence-corrected chi connectivity index (χ1v) is 6.71. The summed E-state index contributed by atoms with van der Waals surface area (Å²) in [6, 6.07) is 8.95. The Morgan fingerprint density at radius 3 is 2.38 bits per heavy atom. The van der Waals surface area contributed by atoms with Crippen molar-refractivity contribution in [3.05, 3.63) is 63.4 Å². The SMILES string of the molecule is COC(=O)c1ccc(COc2cc(Cl)cc(Cl)c2)cc1F. The molecule has 0 unspecified atom stereocenters. The van der Waals surface area contributed by atoms with Crippen LogP contribution in [0.2, 0.25) is 10.0 Å². The van der Waals surface area contributed by atoms with Gasteiger partial charge in [0.1, 0.15) is 18.2 Å². The summed E-state index contributed by atoms with van der Waals surface area (Å²) in [5, 5.41) is 0.898. The maximum absolute atomic E-state index is 13.7. The fourth-order valence-electron chi connectivity index (χ4n) is 1.70. The second kappa shape index (κ2) is 6.78. The van der Waals surface area contributed by atoms with Crippen molar-refractivity contribution >= 4 is 29.2 Å². The molecule has 2 aromatic carbocycles. The van der Waals surface area contributed by atoms with Crippen molar-refractivity contribution in [3.63, 3.8) is 0 Å². The van der Waals surface area contributed by atoms with Gasteiger partial charge in [-0.15, -0.1) is 0 Å². The summed E-state index contributed by atoms with van der Waals surface area (Å²) in [6.07, 6.45) is 0. The number of carbonyl (C=O) groups is 1. The molecule has 0 aromatic heterocycles. The van der Waals surface area contributed by atoms with E-state index >= 15 is 0 Å². The number of hydrogen-bond donors (Lipinski definition) is 0. The Hall–Kier alpha value is -1.78. The molecule has 2 rings (SSSR count). The predicted octanol–water partition coefficient (Wildman–Crippen LogP) is 4.50. The van der Waals surface area contributed by atoms with Gasteiger partial charge in [0.2, 0.25) is 0 Å². The average Bonchev–Trinajstić information content (AvgIpc) is 2.43. The molecule has 0 saturated carbocycles. The van der Waals surface area contributed by atoms with Crippen LogP contribution >= 0.6 is 23.2 Å². The Bertz CT molecular complexity index is 654. The molecule has 0 fully saturated rings. The molecule has 0 aliphatic carbocycles. The van der Waals surface area contributed by atoms with Crippen LogP contribution in [-0.4, -0.2) is 13.1 Å². The van der Waals surface area contributed by atoms with Crippen molar-refractivity contribution in [2.24, 2.45) is 0 Å². The van der Waals surface area contributed by atoms with Gasteiger partial charge in [-0.25, -0.2) is 9.18 Å². The van der Waals surface area contributed by atoms with E-state index < -0.39 is 11.8 Å². The Balaban J connectivity index is 2.10. The molecule has 0 bridgehead atoms. The number of ether oxygens (including phenoxy) is 2. The molecule has 0 heterocycles. The number of benzene rings is 2. The van der Waals surface area contributed by atoms with Crippen LogP contribution in [0.5, 0.6) is 5.75 Å². The van der Waals surface area contributed by atoms with Gasteiger partial charge < -0.3 is 9.47 Å². The molecule has 0 spiro atoms. The molecule has 0 aliphatic heterocycles. The van der Waals surface area contributed by atoms with E-state index in [2.05, 4.69) is 4.74 Å². The average molecular weight is 329 g/mol. The van der Waals surface area contributed by atoms with Crippen LogP contribution in [0.25, 0.3) is 0 Å². The van der Waals surface area contributed by atoms with Crippen molar-refractivity contribution < 1.29 is 18.7 Å². The Morgan fingerprint density at radius 1 is 1.14 bits per heavy atom. The first-order chi connectivity index (χ1) is 9.99. The minimum Gasteiger partial charge on any atom is -0.489 e. The highest BCUT2D eigenvalue weighted by Gasteiger charge is 2.12. The Morgan fingerprint density at radius 2 is 1.81 bits per heavy atom. The molecule has 21 heavy (non-hydrogen) atoms. The third kappa shape index (κ3) is 4.09. The smallest absolute Gasteiger partial charge is 0.340 e. The summed E-state index contributed by atoms with van der Waals surface area (Å²) in [5.74, 6) is -0.904. The van der Waals surface area contributed by atoms with Gasteiger partial charge in [0.15, 0.2) is 0 Å².